The van der Waals surface area contributed by atoms with E-state index in [1.165, 1.54) is 43.5 Å². The molecule has 0 unspecified atom stereocenters. The van der Waals surface area contributed by atoms with Crippen LogP contribution in [0.1, 0.15) is 20.7 Å². The number of Topliss-reactive ketones (excluding diaryl/α,β-unsaturated/α-hetero) is 1. The molecule has 0 radical (unpaired) electrons. The lowest BCUT2D eigenvalue weighted by molar-refractivity contribution is -0.255. The number of carboxylic acids is 1. The summed E-state index contributed by atoms with van der Waals surface area (Å²) in [5.74, 6) is -3.87. The average molecular weight is 393 g/mol. The first-order valence-electron chi connectivity index (χ1n) is 8.54. The van der Waals surface area contributed by atoms with Crippen molar-refractivity contribution in [3.8, 4) is 5.75 Å². The van der Waals surface area contributed by atoms with E-state index >= 15 is 0 Å². The topological polar surface area (TPSA) is 125 Å². The third kappa shape index (κ3) is 2.92. The lowest BCUT2D eigenvalue weighted by Crippen LogP contribution is -2.34. The summed E-state index contributed by atoms with van der Waals surface area (Å²) in [7, 11) is 1.49. The highest BCUT2D eigenvalue weighted by Crippen LogP contribution is 2.34. The van der Waals surface area contributed by atoms with Crippen molar-refractivity contribution < 1.29 is 33.9 Å². The van der Waals surface area contributed by atoms with Gasteiger partial charge in [-0.25, -0.2) is 4.90 Å². The number of hydrogen-bond acceptors (Lipinski definition) is 8. The maximum absolute atomic E-state index is 12.9. The molecule has 0 spiro atoms. The second-order valence-corrected chi connectivity index (χ2v) is 6.38. The third-order valence-corrected chi connectivity index (χ3v) is 4.76. The van der Waals surface area contributed by atoms with Crippen molar-refractivity contribution in [1.29, 1.82) is 0 Å². The average Bonchev–Trinajstić information content (AvgIpc) is 3.28. The van der Waals surface area contributed by atoms with Gasteiger partial charge in [0.1, 0.15) is 17.4 Å². The smallest absolute Gasteiger partial charge is 0.278 e. The van der Waals surface area contributed by atoms with Gasteiger partial charge in [-0.2, -0.15) is 0 Å². The van der Waals surface area contributed by atoms with E-state index in [1.54, 1.807) is 12.1 Å². The minimum absolute atomic E-state index is 0.0961. The van der Waals surface area contributed by atoms with Crippen LogP contribution < -0.4 is 14.7 Å². The van der Waals surface area contributed by atoms with Gasteiger partial charge in [0.05, 0.1) is 18.8 Å². The second kappa shape index (κ2) is 6.86. The first-order chi connectivity index (χ1) is 13.9. The maximum atomic E-state index is 12.9. The summed E-state index contributed by atoms with van der Waals surface area (Å²) >= 11 is 0. The lowest BCUT2D eigenvalue weighted by atomic mass is 9.93. The molecule has 2 amide bonds. The van der Waals surface area contributed by atoms with E-state index in [9.17, 15) is 24.3 Å². The number of carboxylic acid groups (broad SMARTS) is 1. The zero-order chi connectivity index (χ0) is 20.7. The van der Waals surface area contributed by atoms with Crippen molar-refractivity contribution in [2.24, 2.45) is 11.1 Å². The summed E-state index contributed by atoms with van der Waals surface area (Å²) in [5, 5.41) is 14.6. The fourth-order valence-corrected chi connectivity index (χ4v) is 3.26. The highest BCUT2D eigenvalue weighted by molar-refractivity contribution is 6.52. The number of ether oxygens (including phenoxy) is 1. The molecule has 1 saturated heterocycles. The molecule has 2 aromatic carbocycles. The quantitative estimate of drug-likeness (QED) is 0.524. The Bertz CT molecular complexity index is 1060. The molecule has 0 saturated carbocycles. The van der Waals surface area contributed by atoms with E-state index in [0.717, 1.165) is 4.90 Å². The van der Waals surface area contributed by atoms with Crippen LogP contribution in [-0.2, 0) is 14.4 Å². The highest BCUT2D eigenvalue weighted by Gasteiger charge is 2.57. The Hall–Kier alpha value is -4.01. The SMILES string of the molecule is COc1ccc(C(=O)C2=NO[C@@H]3C(=O)N(c4ccc(C(=O)[O-])cc4)C(=O)[C@H]23)cc1. The van der Waals surface area contributed by atoms with Crippen LogP contribution in [0.4, 0.5) is 5.69 Å². The van der Waals surface area contributed by atoms with Gasteiger partial charge in [0.2, 0.25) is 17.8 Å². The van der Waals surface area contributed by atoms with E-state index in [1.807, 2.05) is 0 Å². The lowest BCUT2D eigenvalue weighted by Gasteiger charge is -2.16. The molecule has 2 heterocycles. The number of aromatic carboxylic acids is 1. The Kier molecular flexibility index (Phi) is 4.34. The number of carbonyl (C=O) groups is 4. The summed E-state index contributed by atoms with van der Waals surface area (Å²) < 4.78 is 5.05. The molecule has 0 bridgehead atoms. The number of oxime groups is 1. The van der Waals surface area contributed by atoms with Crippen LogP contribution in [0.25, 0.3) is 0 Å². The number of imide groups is 1. The largest absolute Gasteiger partial charge is 0.545 e. The van der Waals surface area contributed by atoms with Crippen LogP contribution in [0.3, 0.4) is 0 Å². The van der Waals surface area contributed by atoms with Crippen LogP contribution in [0.2, 0.25) is 0 Å². The summed E-state index contributed by atoms with van der Waals surface area (Å²) in [4.78, 5) is 55.2. The van der Waals surface area contributed by atoms with Gasteiger partial charge < -0.3 is 19.5 Å². The molecule has 0 aromatic heterocycles. The predicted molar refractivity (Wildman–Crippen MR) is 96.4 cm³/mol. The summed E-state index contributed by atoms with van der Waals surface area (Å²) in [6.07, 6.45) is -1.24. The van der Waals surface area contributed by atoms with Gasteiger partial charge in [-0.15, -0.1) is 0 Å². The summed E-state index contributed by atoms with van der Waals surface area (Å²) in [5.41, 5.74) is 0.179. The molecule has 1 fully saturated rings. The van der Waals surface area contributed by atoms with Crippen molar-refractivity contribution in [2.75, 3.05) is 12.0 Å². The number of hydrogen-bond donors (Lipinski definition) is 0. The molecule has 2 aliphatic rings. The Morgan fingerprint density at radius 3 is 2.21 bits per heavy atom. The van der Waals surface area contributed by atoms with Crippen molar-refractivity contribution in [3.63, 3.8) is 0 Å². The van der Waals surface area contributed by atoms with Crippen LogP contribution in [-0.4, -0.2) is 42.5 Å². The highest BCUT2D eigenvalue weighted by atomic mass is 16.7. The first kappa shape index (κ1) is 18.4. The number of rotatable bonds is 5. The summed E-state index contributed by atoms with van der Waals surface area (Å²) in [6.45, 7) is 0. The first-order valence-corrected chi connectivity index (χ1v) is 8.54. The number of carbonyl (C=O) groups excluding carboxylic acids is 4. The maximum Gasteiger partial charge on any atom is 0.278 e. The van der Waals surface area contributed by atoms with Gasteiger partial charge in [-0.3, -0.25) is 14.4 Å². The van der Waals surface area contributed by atoms with Gasteiger partial charge in [0.15, 0.2) is 0 Å². The van der Waals surface area contributed by atoms with Crippen LogP contribution in [0.15, 0.2) is 53.7 Å². The number of fused-ring (bicyclic) bond motifs is 1. The van der Waals surface area contributed by atoms with Gasteiger partial charge in [0, 0.05) is 5.56 Å². The zero-order valence-electron chi connectivity index (χ0n) is 15.0. The predicted octanol–water partition coefficient (Wildman–Crippen LogP) is 0.186. The van der Waals surface area contributed by atoms with Crippen LogP contribution in [0.5, 0.6) is 5.75 Å². The van der Waals surface area contributed by atoms with Gasteiger partial charge >= 0.3 is 0 Å². The Morgan fingerprint density at radius 2 is 1.62 bits per heavy atom. The molecule has 29 heavy (non-hydrogen) atoms. The number of methoxy groups -OCH3 is 1. The van der Waals surface area contributed by atoms with E-state index in [2.05, 4.69) is 5.16 Å². The normalized spacial score (nSPS) is 20.2. The molecular formula is C20H13N2O7-. The fourth-order valence-electron chi connectivity index (χ4n) is 3.26. The van der Waals surface area contributed by atoms with Gasteiger partial charge in [-0.05, 0) is 42.0 Å². The number of ketones is 1. The Labute approximate surface area is 164 Å². The number of amides is 2. The van der Waals surface area contributed by atoms with E-state index in [-0.39, 0.29) is 22.5 Å². The van der Waals surface area contributed by atoms with Gasteiger partial charge in [-0.1, -0.05) is 17.3 Å². The van der Waals surface area contributed by atoms with Crippen LogP contribution >= 0.6 is 0 Å². The Morgan fingerprint density at radius 1 is 1.00 bits per heavy atom. The van der Waals surface area contributed by atoms with Crippen molar-refractivity contribution in [2.45, 2.75) is 6.10 Å². The standard InChI is InChI=1S/C20H14N2O7/c1-28-13-8-4-10(5-9-13)16(23)15-14-17(29-21-15)19(25)22(18(14)24)12-6-2-11(3-7-12)20(26)27/h2-9,14,17H,1H3,(H,26,27)/p-1/t14-,17+/m1/s1. The molecular weight excluding hydrogens is 380 g/mol. The molecule has 2 aromatic rings. The minimum atomic E-state index is -1.38. The molecule has 0 N–H and O–H groups in total. The van der Waals surface area contributed by atoms with Gasteiger partial charge in [0.25, 0.3) is 5.91 Å². The molecule has 146 valence electrons. The molecule has 0 aliphatic carbocycles. The number of nitrogens with zero attached hydrogens (tertiary/aromatic N) is 2. The van der Waals surface area contributed by atoms with Crippen molar-refractivity contribution in [1.82, 2.24) is 0 Å². The third-order valence-electron chi connectivity index (χ3n) is 4.76. The molecule has 2 aliphatic heterocycles. The van der Waals surface area contributed by atoms with E-state index in [0.29, 0.717) is 5.75 Å². The Balaban J connectivity index is 1.61. The van der Waals surface area contributed by atoms with Crippen LogP contribution in [0, 0.1) is 5.92 Å². The molecule has 4 rings (SSSR count). The second-order valence-electron chi connectivity index (χ2n) is 6.38. The summed E-state index contributed by atoms with van der Waals surface area (Å²) in [6, 6.07) is 11.3. The molecule has 9 nitrogen and oxygen atoms in total. The minimum Gasteiger partial charge on any atom is -0.545 e. The molecule has 9 heteroatoms. The molecule has 2 atom stereocenters. The zero-order valence-corrected chi connectivity index (χ0v) is 15.0. The van der Waals surface area contributed by atoms with E-state index in [4.69, 9.17) is 9.57 Å². The number of anilines is 1. The monoisotopic (exact) mass is 393 g/mol. The van der Waals surface area contributed by atoms with E-state index < -0.39 is 35.6 Å². The van der Waals surface area contributed by atoms with Crippen molar-refractivity contribution in [3.05, 3.63) is 59.7 Å². The fraction of sp³-hybridized carbons (Fsp3) is 0.150. The van der Waals surface area contributed by atoms with Crippen molar-refractivity contribution >= 4 is 35.0 Å². The number of benzene rings is 2.